The smallest absolute Gasteiger partial charge is 0.127 e. The van der Waals surface area contributed by atoms with Crippen molar-refractivity contribution >= 4 is 31.9 Å². The summed E-state index contributed by atoms with van der Waals surface area (Å²) in [5.41, 5.74) is 2.87. The highest BCUT2D eigenvalue weighted by Gasteiger charge is 2.19. The largest absolute Gasteiger partial charge is 0.493 e. The van der Waals surface area contributed by atoms with Gasteiger partial charge in [0, 0.05) is 16.5 Å². The summed E-state index contributed by atoms with van der Waals surface area (Å²) >= 11 is 6.97. The van der Waals surface area contributed by atoms with Crippen LogP contribution in [0.2, 0.25) is 0 Å². The van der Waals surface area contributed by atoms with Crippen LogP contribution in [-0.4, -0.2) is 6.61 Å². The molecule has 1 aliphatic heterocycles. The van der Waals surface area contributed by atoms with E-state index in [0.717, 1.165) is 28.8 Å². The van der Waals surface area contributed by atoms with Gasteiger partial charge in [0.2, 0.25) is 0 Å². The van der Waals surface area contributed by atoms with E-state index in [1.54, 1.807) is 12.1 Å². The monoisotopic (exact) mass is 384 g/mol. The third-order valence-electron chi connectivity index (χ3n) is 3.24. The number of fused-ring (bicyclic) bond motifs is 1. The van der Waals surface area contributed by atoms with E-state index in [2.05, 4.69) is 37.9 Å². The Balaban J connectivity index is 1.99. The number of halogens is 3. The zero-order valence-electron chi connectivity index (χ0n) is 10.00. The fourth-order valence-electron chi connectivity index (χ4n) is 2.25. The minimum absolute atomic E-state index is 0.157. The average Bonchev–Trinajstić information content (AvgIpc) is 2.88. The molecule has 0 amide bonds. The standard InChI is InChI=1S/C15H11Br2FO/c16-11-2-3-13(18)12(8-11)15(17)10-1-4-14-9(7-10)5-6-19-14/h1-4,7-8,15H,5-6H2. The molecule has 19 heavy (non-hydrogen) atoms. The number of ether oxygens (including phenoxy) is 1. The van der Waals surface area contributed by atoms with Crippen LogP contribution in [0.5, 0.6) is 5.75 Å². The first-order valence-electron chi connectivity index (χ1n) is 6.00. The van der Waals surface area contributed by atoms with E-state index in [9.17, 15) is 4.39 Å². The number of alkyl halides is 1. The molecule has 2 aromatic rings. The normalized spacial score (nSPS) is 14.9. The average molecular weight is 386 g/mol. The molecule has 0 radical (unpaired) electrons. The summed E-state index contributed by atoms with van der Waals surface area (Å²) < 4.78 is 20.3. The first kappa shape index (κ1) is 13.1. The van der Waals surface area contributed by atoms with Crippen LogP contribution in [0.1, 0.15) is 21.5 Å². The van der Waals surface area contributed by atoms with Gasteiger partial charge in [0.1, 0.15) is 11.6 Å². The van der Waals surface area contributed by atoms with Gasteiger partial charge in [-0.05, 0) is 35.4 Å². The van der Waals surface area contributed by atoms with Crippen molar-refractivity contribution in [3.8, 4) is 5.75 Å². The van der Waals surface area contributed by atoms with E-state index < -0.39 is 0 Å². The van der Waals surface area contributed by atoms with Crippen LogP contribution in [0.3, 0.4) is 0 Å². The molecule has 1 heterocycles. The maximum Gasteiger partial charge on any atom is 0.127 e. The first-order valence-corrected chi connectivity index (χ1v) is 7.70. The summed E-state index contributed by atoms with van der Waals surface area (Å²) in [5.74, 6) is 0.736. The van der Waals surface area contributed by atoms with Gasteiger partial charge in [-0.15, -0.1) is 0 Å². The van der Waals surface area contributed by atoms with Crippen molar-refractivity contribution < 1.29 is 9.13 Å². The lowest BCUT2D eigenvalue weighted by atomic mass is 10.0. The highest BCUT2D eigenvalue weighted by atomic mass is 79.9. The van der Waals surface area contributed by atoms with Crippen LogP contribution in [0.15, 0.2) is 40.9 Å². The van der Waals surface area contributed by atoms with E-state index in [0.29, 0.717) is 5.56 Å². The van der Waals surface area contributed by atoms with Crippen LogP contribution < -0.4 is 4.74 Å². The maximum atomic E-state index is 13.9. The van der Waals surface area contributed by atoms with Gasteiger partial charge in [0.05, 0.1) is 11.4 Å². The van der Waals surface area contributed by atoms with E-state index in [1.807, 2.05) is 12.1 Å². The van der Waals surface area contributed by atoms with Gasteiger partial charge in [-0.2, -0.15) is 0 Å². The van der Waals surface area contributed by atoms with Gasteiger partial charge in [0.25, 0.3) is 0 Å². The molecule has 0 saturated carbocycles. The molecule has 0 bridgehead atoms. The molecule has 0 N–H and O–H groups in total. The molecule has 0 aromatic heterocycles. The molecule has 1 atom stereocenters. The summed E-state index contributed by atoms with van der Waals surface area (Å²) in [6.45, 7) is 0.733. The lowest BCUT2D eigenvalue weighted by Crippen LogP contribution is -1.97. The predicted octanol–water partition coefficient (Wildman–Crippen LogP) is 5.01. The minimum Gasteiger partial charge on any atom is -0.493 e. The zero-order valence-corrected chi connectivity index (χ0v) is 13.2. The van der Waals surface area contributed by atoms with E-state index in [1.165, 1.54) is 11.6 Å². The third-order valence-corrected chi connectivity index (χ3v) is 4.75. The SMILES string of the molecule is Fc1ccc(Br)cc1C(Br)c1ccc2c(c1)CCO2. The van der Waals surface area contributed by atoms with E-state index in [4.69, 9.17) is 4.74 Å². The topological polar surface area (TPSA) is 9.23 Å². The minimum atomic E-state index is -0.207. The van der Waals surface area contributed by atoms with Crippen molar-refractivity contribution in [3.05, 3.63) is 63.4 Å². The Bertz CT molecular complexity index is 628. The Morgan fingerprint density at radius 2 is 2.00 bits per heavy atom. The van der Waals surface area contributed by atoms with Crippen molar-refractivity contribution in [1.29, 1.82) is 0 Å². The summed E-state index contributed by atoms with van der Waals surface area (Å²) in [5, 5.41) is 0. The van der Waals surface area contributed by atoms with E-state index >= 15 is 0 Å². The number of benzene rings is 2. The van der Waals surface area contributed by atoms with Crippen LogP contribution in [0.4, 0.5) is 4.39 Å². The quantitative estimate of drug-likeness (QED) is 0.660. The van der Waals surface area contributed by atoms with Crippen LogP contribution in [0.25, 0.3) is 0 Å². The molecule has 1 nitrogen and oxygen atoms in total. The lowest BCUT2D eigenvalue weighted by Gasteiger charge is -2.13. The van der Waals surface area contributed by atoms with Crippen molar-refractivity contribution in [2.45, 2.75) is 11.2 Å². The molecule has 0 spiro atoms. The second-order valence-corrected chi connectivity index (χ2v) is 6.33. The molecule has 0 fully saturated rings. The van der Waals surface area contributed by atoms with Crippen molar-refractivity contribution in [3.63, 3.8) is 0 Å². The summed E-state index contributed by atoms with van der Waals surface area (Å²) in [7, 11) is 0. The summed E-state index contributed by atoms with van der Waals surface area (Å²) in [4.78, 5) is -0.157. The Hall–Kier alpha value is -0.870. The van der Waals surface area contributed by atoms with Gasteiger partial charge >= 0.3 is 0 Å². The molecule has 1 aliphatic rings. The highest BCUT2D eigenvalue weighted by molar-refractivity contribution is 9.10. The second-order valence-electron chi connectivity index (χ2n) is 4.49. The molecule has 2 aromatic carbocycles. The molecule has 0 aliphatic carbocycles. The molecule has 4 heteroatoms. The van der Waals surface area contributed by atoms with Crippen molar-refractivity contribution in [2.24, 2.45) is 0 Å². The summed E-state index contributed by atoms with van der Waals surface area (Å²) in [6, 6.07) is 11.0. The molecule has 1 unspecified atom stereocenters. The Morgan fingerprint density at radius 3 is 2.84 bits per heavy atom. The predicted molar refractivity (Wildman–Crippen MR) is 80.5 cm³/mol. The Labute approximate surface area is 128 Å². The molecular weight excluding hydrogens is 375 g/mol. The van der Waals surface area contributed by atoms with Crippen LogP contribution in [0, 0.1) is 5.82 Å². The highest BCUT2D eigenvalue weighted by Crippen LogP contribution is 2.37. The van der Waals surface area contributed by atoms with Crippen LogP contribution in [-0.2, 0) is 6.42 Å². The first-order chi connectivity index (χ1) is 9.15. The van der Waals surface area contributed by atoms with Gasteiger partial charge in [0.15, 0.2) is 0 Å². The van der Waals surface area contributed by atoms with Crippen LogP contribution >= 0.6 is 31.9 Å². The van der Waals surface area contributed by atoms with Gasteiger partial charge < -0.3 is 4.74 Å². The number of hydrogen-bond donors (Lipinski definition) is 0. The fourth-order valence-corrected chi connectivity index (χ4v) is 3.27. The van der Waals surface area contributed by atoms with Crippen molar-refractivity contribution in [2.75, 3.05) is 6.61 Å². The second kappa shape index (κ2) is 5.25. The molecule has 0 saturated heterocycles. The third kappa shape index (κ3) is 2.56. The lowest BCUT2D eigenvalue weighted by molar-refractivity contribution is 0.357. The Kier molecular flexibility index (Phi) is 3.63. The number of hydrogen-bond acceptors (Lipinski definition) is 1. The molecule has 98 valence electrons. The van der Waals surface area contributed by atoms with Gasteiger partial charge in [-0.3, -0.25) is 0 Å². The maximum absolute atomic E-state index is 13.9. The van der Waals surface area contributed by atoms with Gasteiger partial charge in [-0.1, -0.05) is 44.0 Å². The molecule has 3 rings (SSSR count). The Morgan fingerprint density at radius 1 is 1.16 bits per heavy atom. The van der Waals surface area contributed by atoms with E-state index in [-0.39, 0.29) is 10.6 Å². The molecular formula is C15H11Br2FO. The fraction of sp³-hybridized carbons (Fsp3) is 0.200. The summed E-state index contributed by atoms with van der Waals surface area (Å²) in [6.07, 6.45) is 0.920. The zero-order chi connectivity index (χ0) is 13.4. The number of rotatable bonds is 2. The van der Waals surface area contributed by atoms with Gasteiger partial charge in [-0.25, -0.2) is 4.39 Å². The van der Waals surface area contributed by atoms with Crippen molar-refractivity contribution in [1.82, 2.24) is 0 Å².